The van der Waals surface area contributed by atoms with E-state index in [1.165, 1.54) is 4.90 Å². The molecule has 0 fully saturated rings. The van der Waals surface area contributed by atoms with Gasteiger partial charge in [0, 0.05) is 42.4 Å². The van der Waals surface area contributed by atoms with Crippen molar-refractivity contribution in [3.63, 3.8) is 0 Å². The highest BCUT2D eigenvalue weighted by Crippen LogP contribution is 2.38. The van der Waals surface area contributed by atoms with Gasteiger partial charge in [0.15, 0.2) is 8.32 Å². The zero-order valence-corrected chi connectivity index (χ0v) is 31.2. The van der Waals surface area contributed by atoms with Crippen LogP contribution in [0.3, 0.4) is 0 Å². The number of nitrogens with zero attached hydrogens (tertiary/aromatic N) is 3. The zero-order chi connectivity index (χ0) is 35.6. The molecule has 4 rings (SSSR count). The van der Waals surface area contributed by atoms with Gasteiger partial charge in [-0.05, 0) is 87.6 Å². The smallest absolute Gasteiger partial charge is 0.420 e. The van der Waals surface area contributed by atoms with Crippen LogP contribution in [0.2, 0.25) is 18.1 Å². The summed E-state index contributed by atoms with van der Waals surface area (Å²) in [5, 5.41) is 0.771. The van der Waals surface area contributed by atoms with Gasteiger partial charge in [0.1, 0.15) is 22.9 Å². The van der Waals surface area contributed by atoms with Crippen molar-refractivity contribution in [1.82, 2.24) is 9.55 Å². The Morgan fingerprint density at radius 3 is 2.19 bits per heavy atom. The number of amides is 1. The van der Waals surface area contributed by atoms with E-state index in [0.717, 1.165) is 5.56 Å². The van der Waals surface area contributed by atoms with Crippen molar-refractivity contribution in [2.24, 2.45) is 0 Å². The molecule has 48 heavy (non-hydrogen) atoms. The first-order valence-electron chi connectivity index (χ1n) is 16.2. The lowest BCUT2D eigenvalue weighted by atomic mass is 10.0. The molecule has 0 aliphatic carbocycles. The number of carbonyl (C=O) groups excluding carboxylic acids is 1. The molecular formula is C37H50N4O6Si. The zero-order valence-electron chi connectivity index (χ0n) is 30.2. The number of aromatic nitrogens is 2. The van der Waals surface area contributed by atoms with Crippen molar-refractivity contribution in [1.29, 1.82) is 0 Å². The Morgan fingerprint density at radius 1 is 0.979 bits per heavy atom. The summed E-state index contributed by atoms with van der Waals surface area (Å²) in [4.78, 5) is 34.3. The van der Waals surface area contributed by atoms with Gasteiger partial charge < -0.3 is 28.9 Å². The quantitative estimate of drug-likeness (QED) is 0.101. The number of ether oxygens (including phenoxy) is 3. The van der Waals surface area contributed by atoms with E-state index >= 15 is 0 Å². The number of benzene rings is 2. The van der Waals surface area contributed by atoms with Gasteiger partial charge in [0.2, 0.25) is 0 Å². The fourth-order valence-corrected chi connectivity index (χ4v) is 6.22. The summed E-state index contributed by atoms with van der Waals surface area (Å²) in [5.41, 5.74) is 8.81. The van der Waals surface area contributed by atoms with Crippen molar-refractivity contribution < 1.29 is 23.4 Å². The molecule has 4 aromatic rings. The fourth-order valence-electron chi connectivity index (χ4n) is 5.14. The number of para-hydroxylation sites is 1. The van der Waals surface area contributed by atoms with Gasteiger partial charge in [-0.2, -0.15) is 0 Å². The largest absolute Gasteiger partial charge is 0.497 e. The summed E-state index contributed by atoms with van der Waals surface area (Å²) >= 11 is 0. The maximum Gasteiger partial charge on any atom is 0.420 e. The topological polar surface area (TPSA) is 118 Å². The van der Waals surface area contributed by atoms with Crippen LogP contribution in [0.4, 0.5) is 22.0 Å². The summed E-state index contributed by atoms with van der Waals surface area (Å²) in [7, 11) is 1.15. The summed E-state index contributed by atoms with van der Waals surface area (Å²) < 4.78 is 25.0. The molecule has 10 nitrogen and oxygen atoms in total. The lowest BCUT2D eigenvalue weighted by Crippen LogP contribution is -2.41. The number of carbonyl (C=O) groups is 1. The Kier molecular flexibility index (Phi) is 10.7. The van der Waals surface area contributed by atoms with Crippen LogP contribution in [0.5, 0.6) is 11.5 Å². The number of anilines is 3. The fraction of sp³-hybridized carbons (Fsp3) is 0.432. The summed E-state index contributed by atoms with van der Waals surface area (Å²) in [6.07, 6.45) is 1.64. The van der Waals surface area contributed by atoms with Crippen molar-refractivity contribution in [2.45, 2.75) is 85.2 Å². The Bertz CT molecular complexity index is 1810. The first-order valence-corrected chi connectivity index (χ1v) is 19.1. The predicted molar refractivity (Wildman–Crippen MR) is 196 cm³/mol. The second-order valence-corrected chi connectivity index (χ2v) is 19.3. The minimum Gasteiger partial charge on any atom is -0.497 e. The van der Waals surface area contributed by atoms with E-state index in [1.807, 2.05) is 37.3 Å². The summed E-state index contributed by atoms with van der Waals surface area (Å²) in [6.45, 7) is 19.2. The molecule has 1 amide bonds. The number of rotatable bonds is 10. The Labute approximate surface area is 284 Å². The van der Waals surface area contributed by atoms with Crippen molar-refractivity contribution in [2.75, 3.05) is 31.5 Å². The van der Waals surface area contributed by atoms with E-state index < -0.39 is 20.0 Å². The highest BCUT2D eigenvalue weighted by atomic mass is 28.4. The SMILES string of the molecule is COc1cc(OC)cc(-c2cc3cnc(N(C(=O)OC(C)(C)C)c4c(C)cccc4N)cc3n(CCCO[Si](C)(C)C(C)(C)C)c2=O)c1. The van der Waals surface area contributed by atoms with Gasteiger partial charge in [-0.15, -0.1) is 0 Å². The van der Waals surface area contributed by atoms with Crippen LogP contribution in [0.1, 0.15) is 53.5 Å². The maximum atomic E-state index is 14.4. The Balaban J connectivity index is 1.92. The molecule has 2 heterocycles. The monoisotopic (exact) mass is 674 g/mol. The maximum absolute atomic E-state index is 14.4. The van der Waals surface area contributed by atoms with Crippen molar-refractivity contribution in [3.05, 3.63) is 70.6 Å². The average molecular weight is 675 g/mol. The van der Waals surface area contributed by atoms with Crippen LogP contribution in [-0.2, 0) is 15.7 Å². The molecule has 2 N–H and O–H groups in total. The van der Waals surface area contributed by atoms with E-state index in [1.54, 1.807) is 64.0 Å². The molecule has 0 atom stereocenters. The molecule has 0 aliphatic rings. The lowest BCUT2D eigenvalue weighted by Gasteiger charge is -2.36. The number of methoxy groups -OCH3 is 2. The third kappa shape index (κ3) is 8.02. The van der Waals surface area contributed by atoms with Crippen LogP contribution in [0, 0.1) is 6.92 Å². The molecule has 0 unspecified atom stereocenters. The molecular weight excluding hydrogens is 625 g/mol. The van der Waals surface area contributed by atoms with Gasteiger partial charge >= 0.3 is 6.09 Å². The van der Waals surface area contributed by atoms with Crippen LogP contribution in [0.25, 0.3) is 22.0 Å². The lowest BCUT2D eigenvalue weighted by molar-refractivity contribution is 0.0598. The Hall–Kier alpha value is -4.35. The molecule has 0 spiro atoms. The molecule has 0 aliphatic heterocycles. The number of aryl methyl sites for hydroxylation is 2. The highest BCUT2D eigenvalue weighted by Gasteiger charge is 2.37. The van der Waals surface area contributed by atoms with Gasteiger partial charge in [0.25, 0.3) is 5.56 Å². The average Bonchev–Trinajstić information content (AvgIpc) is 2.99. The minimum absolute atomic E-state index is 0.0605. The molecule has 2 aromatic heterocycles. The third-order valence-corrected chi connectivity index (χ3v) is 13.3. The highest BCUT2D eigenvalue weighted by molar-refractivity contribution is 6.74. The molecule has 2 aromatic carbocycles. The van der Waals surface area contributed by atoms with E-state index in [4.69, 9.17) is 29.4 Å². The third-order valence-electron chi connectivity index (χ3n) is 8.72. The van der Waals surface area contributed by atoms with E-state index in [2.05, 4.69) is 33.9 Å². The second-order valence-electron chi connectivity index (χ2n) is 14.5. The summed E-state index contributed by atoms with van der Waals surface area (Å²) in [5.74, 6) is 1.41. The molecule has 258 valence electrons. The van der Waals surface area contributed by atoms with E-state index in [0.29, 0.717) is 64.5 Å². The number of hydrogen-bond donors (Lipinski definition) is 1. The van der Waals surface area contributed by atoms with Crippen LogP contribution < -0.4 is 25.7 Å². The van der Waals surface area contributed by atoms with Gasteiger partial charge in [-0.1, -0.05) is 32.9 Å². The normalized spacial score (nSPS) is 12.2. The number of nitrogens with two attached hydrogens (primary N) is 1. The first-order chi connectivity index (χ1) is 22.4. The molecule has 0 bridgehead atoms. The van der Waals surface area contributed by atoms with Crippen LogP contribution >= 0.6 is 0 Å². The number of fused-ring (bicyclic) bond motifs is 1. The van der Waals surface area contributed by atoms with Crippen molar-refractivity contribution in [3.8, 4) is 22.6 Å². The molecule has 0 radical (unpaired) electrons. The van der Waals surface area contributed by atoms with E-state index in [-0.39, 0.29) is 16.4 Å². The standard InChI is InChI=1S/C37H50N4O6Si/c1-24-14-12-15-30(38)33(24)41(35(43)47-36(2,3)4)32-22-31-26(23-39-32)20-29(25-18-27(44-8)21-28(19-25)45-9)34(42)40(31)16-13-17-46-48(10,11)37(5,6)7/h12,14-15,18-23H,13,16-17,38H2,1-11H3. The predicted octanol–water partition coefficient (Wildman–Crippen LogP) is 8.46. The van der Waals surface area contributed by atoms with Crippen LogP contribution in [-0.4, -0.2) is 50.4 Å². The number of hydrogen-bond acceptors (Lipinski definition) is 8. The van der Waals surface area contributed by atoms with Crippen LogP contribution in [0.15, 0.2) is 59.5 Å². The second kappa shape index (κ2) is 14.0. The summed E-state index contributed by atoms with van der Waals surface area (Å²) in [6, 6.07) is 14.4. The molecule has 0 saturated carbocycles. The Morgan fingerprint density at radius 2 is 1.62 bits per heavy atom. The molecule has 11 heteroatoms. The van der Waals surface area contributed by atoms with Gasteiger partial charge in [-0.25, -0.2) is 14.7 Å². The van der Waals surface area contributed by atoms with Crippen molar-refractivity contribution >= 4 is 42.5 Å². The van der Waals surface area contributed by atoms with E-state index in [9.17, 15) is 9.59 Å². The first kappa shape index (κ1) is 36.5. The number of nitrogen functional groups attached to an aromatic ring is 1. The molecule has 0 saturated heterocycles. The number of pyridine rings is 2. The minimum atomic E-state index is -1.99. The van der Waals surface area contributed by atoms with Gasteiger partial charge in [0.05, 0.1) is 31.1 Å². The van der Waals surface area contributed by atoms with Gasteiger partial charge in [-0.3, -0.25) is 4.79 Å².